The Morgan fingerprint density at radius 3 is 3.00 bits per heavy atom. The Bertz CT molecular complexity index is 960. The molecule has 0 saturated carbocycles. The molecule has 104 valence electrons. The van der Waals surface area contributed by atoms with Gasteiger partial charge in [-0.2, -0.15) is 9.37 Å². The van der Waals surface area contributed by atoms with E-state index in [2.05, 4.69) is 19.9 Å². The van der Waals surface area contributed by atoms with Gasteiger partial charge in [0.25, 0.3) is 0 Å². The van der Waals surface area contributed by atoms with Crippen LogP contribution in [0.2, 0.25) is 0 Å². The van der Waals surface area contributed by atoms with Crippen molar-refractivity contribution in [1.29, 1.82) is 0 Å². The van der Waals surface area contributed by atoms with E-state index in [4.69, 9.17) is 4.42 Å². The van der Waals surface area contributed by atoms with Crippen molar-refractivity contribution in [2.75, 3.05) is 0 Å². The fourth-order valence-corrected chi connectivity index (χ4v) is 2.20. The summed E-state index contributed by atoms with van der Waals surface area (Å²) in [5.74, 6) is -0.368. The Morgan fingerprint density at radius 1 is 1.24 bits per heavy atom. The van der Waals surface area contributed by atoms with Gasteiger partial charge in [-0.05, 0) is 18.2 Å². The van der Waals surface area contributed by atoms with Crippen LogP contribution in [0.5, 0.6) is 0 Å². The Balaban J connectivity index is 1.90. The van der Waals surface area contributed by atoms with Crippen molar-refractivity contribution in [2.24, 2.45) is 0 Å². The summed E-state index contributed by atoms with van der Waals surface area (Å²) in [5, 5.41) is 0.663. The van der Waals surface area contributed by atoms with E-state index in [1.165, 1.54) is 12.1 Å². The predicted octanol–water partition coefficient (Wildman–Crippen LogP) is 3.37. The molecule has 0 spiro atoms. The molecule has 1 N–H and O–H groups in total. The maximum Gasteiger partial charge on any atom is 0.250 e. The second kappa shape index (κ2) is 4.34. The maximum absolute atomic E-state index is 13.1. The lowest BCUT2D eigenvalue weighted by molar-refractivity contribution is 0.488. The van der Waals surface area contributed by atoms with Crippen molar-refractivity contribution in [3.05, 3.63) is 42.1 Å². The first-order chi connectivity index (χ1) is 10.2. The molecule has 0 aromatic carbocycles. The summed E-state index contributed by atoms with van der Waals surface area (Å²) in [6.45, 7) is -0.592. The number of aromatic nitrogens is 4. The molecule has 0 aliphatic heterocycles. The van der Waals surface area contributed by atoms with Crippen molar-refractivity contribution in [1.82, 2.24) is 19.9 Å². The number of H-pyrrole nitrogens is 1. The van der Waals surface area contributed by atoms with E-state index in [-0.39, 0.29) is 11.6 Å². The zero-order chi connectivity index (χ0) is 14.4. The average molecular weight is 286 g/mol. The molecule has 7 heteroatoms. The second-order valence-corrected chi connectivity index (χ2v) is 4.54. The van der Waals surface area contributed by atoms with E-state index >= 15 is 0 Å². The minimum Gasteiger partial charge on any atom is -0.418 e. The number of oxazole rings is 1. The summed E-state index contributed by atoms with van der Waals surface area (Å²) < 4.78 is 31.4. The SMILES string of the molecule is FCc1c[nH]c2ncc(-c3nc4ccc(F)nc4o3)cc12. The van der Waals surface area contributed by atoms with Crippen LogP contribution in [0, 0.1) is 5.95 Å². The van der Waals surface area contributed by atoms with E-state index in [1.54, 1.807) is 18.5 Å². The number of halogens is 2. The lowest BCUT2D eigenvalue weighted by atomic mass is 10.2. The van der Waals surface area contributed by atoms with Gasteiger partial charge in [0.2, 0.25) is 17.6 Å². The van der Waals surface area contributed by atoms with Gasteiger partial charge in [0, 0.05) is 23.3 Å². The van der Waals surface area contributed by atoms with Crippen molar-refractivity contribution >= 4 is 22.3 Å². The fraction of sp³-hybridized carbons (Fsp3) is 0.0714. The Labute approximate surface area is 116 Å². The third-order valence-electron chi connectivity index (χ3n) is 3.23. The van der Waals surface area contributed by atoms with Crippen molar-refractivity contribution in [3.8, 4) is 11.5 Å². The molecular weight excluding hydrogens is 278 g/mol. The molecule has 4 rings (SSSR count). The van der Waals surface area contributed by atoms with Gasteiger partial charge in [-0.3, -0.25) is 0 Å². The molecule has 0 amide bonds. The quantitative estimate of drug-likeness (QED) is 0.574. The summed E-state index contributed by atoms with van der Waals surface area (Å²) in [6, 6.07) is 4.43. The Kier molecular flexibility index (Phi) is 2.47. The third kappa shape index (κ3) is 1.85. The van der Waals surface area contributed by atoms with Crippen LogP contribution in [0.15, 0.2) is 35.0 Å². The summed E-state index contributed by atoms with van der Waals surface area (Å²) in [6.07, 6.45) is 3.13. The van der Waals surface area contributed by atoms with Gasteiger partial charge in [0.1, 0.15) is 17.8 Å². The molecule has 0 fully saturated rings. The topological polar surface area (TPSA) is 67.6 Å². The van der Waals surface area contributed by atoms with Gasteiger partial charge in [0.15, 0.2) is 0 Å². The molecule has 0 aliphatic carbocycles. The Hall–Kier alpha value is -2.83. The van der Waals surface area contributed by atoms with Crippen LogP contribution in [0.4, 0.5) is 8.78 Å². The van der Waals surface area contributed by atoms with E-state index < -0.39 is 12.6 Å². The molecule has 0 unspecified atom stereocenters. The van der Waals surface area contributed by atoms with Crippen LogP contribution in [0.1, 0.15) is 5.56 Å². The molecule has 0 radical (unpaired) electrons. The highest BCUT2D eigenvalue weighted by atomic mass is 19.1. The molecule has 0 bridgehead atoms. The van der Waals surface area contributed by atoms with Gasteiger partial charge in [-0.1, -0.05) is 0 Å². The summed E-state index contributed by atoms with van der Waals surface area (Å²) in [5.41, 5.74) is 2.25. The molecule has 0 atom stereocenters. The monoisotopic (exact) mass is 286 g/mol. The smallest absolute Gasteiger partial charge is 0.250 e. The number of hydrogen-bond donors (Lipinski definition) is 1. The number of hydrogen-bond acceptors (Lipinski definition) is 4. The Morgan fingerprint density at radius 2 is 2.14 bits per heavy atom. The van der Waals surface area contributed by atoms with Gasteiger partial charge < -0.3 is 9.40 Å². The molecule has 0 aliphatic rings. The van der Waals surface area contributed by atoms with E-state index in [1.807, 2.05) is 0 Å². The molecule has 0 saturated heterocycles. The normalized spacial score (nSPS) is 11.5. The van der Waals surface area contributed by atoms with Crippen molar-refractivity contribution in [2.45, 2.75) is 6.67 Å². The predicted molar refractivity (Wildman–Crippen MR) is 71.7 cm³/mol. The number of pyridine rings is 2. The van der Waals surface area contributed by atoms with Crippen LogP contribution >= 0.6 is 0 Å². The second-order valence-electron chi connectivity index (χ2n) is 4.54. The van der Waals surface area contributed by atoms with Gasteiger partial charge in [0.05, 0.1) is 5.56 Å². The molecule has 4 aromatic rings. The van der Waals surface area contributed by atoms with E-state index in [0.29, 0.717) is 27.7 Å². The summed E-state index contributed by atoms with van der Waals surface area (Å²) in [4.78, 5) is 14.9. The van der Waals surface area contributed by atoms with Crippen molar-refractivity contribution in [3.63, 3.8) is 0 Å². The molecule has 4 aromatic heterocycles. The highest BCUT2D eigenvalue weighted by molar-refractivity contribution is 5.84. The van der Waals surface area contributed by atoms with Gasteiger partial charge in [-0.15, -0.1) is 0 Å². The average Bonchev–Trinajstić information content (AvgIpc) is 3.09. The number of nitrogens with zero attached hydrogens (tertiary/aromatic N) is 3. The third-order valence-corrected chi connectivity index (χ3v) is 3.23. The zero-order valence-corrected chi connectivity index (χ0v) is 10.6. The largest absolute Gasteiger partial charge is 0.418 e. The molecule has 21 heavy (non-hydrogen) atoms. The number of nitrogens with one attached hydrogen (secondary N) is 1. The van der Waals surface area contributed by atoms with E-state index in [9.17, 15) is 8.78 Å². The van der Waals surface area contributed by atoms with Gasteiger partial charge in [-0.25, -0.2) is 14.4 Å². The lowest BCUT2D eigenvalue weighted by Crippen LogP contribution is -1.83. The van der Waals surface area contributed by atoms with Gasteiger partial charge >= 0.3 is 0 Å². The maximum atomic E-state index is 13.1. The molecule has 4 heterocycles. The highest BCUT2D eigenvalue weighted by Crippen LogP contribution is 2.26. The minimum atomic E-state index is -0.635. The van der Waals surface area contributed by atoms with Crippen LogP contribution in [-0.2, 0) is 6.67 Å². The molecule has 5 nitrogen and oxygen atoms in total. The number of rotatable bonds is 2. The lowest BCUT2D eigenvalue weighted by Gasteiger charge is -1.96. The zero-order valence-electron chi connectivity index (χ0n) is 10.6. The van der Waals surface area contributed by atoms with Crippen LogP contribution in [0.25, 0.3) is 33.7 Å². The standard InChI is InChI=1S/C14H8F2N4O/c15-4-8-6-18-12-9(8)3-7(5-17-12)13-19-10-1-2-11(16)20-14(10)21-13/h1-3,5-6H,4H2,(H,17,18). The number of alkyl halides is 1. The first-order valence-electron chi connectivity index (χ1n) is 6.20. The molecular formula is C14H8F2N4O. The van der Waals surface area contributed by atoms with Crippen molar-refractivity contribution < 1.29 is 13.2 Å². The first kappa shape index (κ1) is 12.0. The summed E-state index contributed by atoms with van der Waals surface area (Å²) >= 11 is 0. The fourth-order valence-electron chi connectivity index (χ4n) is 2.20. The van der Waals surface area contributed by atoms with Crippen LogP contribution in [-0.4, -0.2) is 19.9 Å². The van der Waals surface area contributed by atoms with E-state index in [0.717, 1.165) is 0 Å². The first-order valence-corrected chi connectivity index (χ1v) is 6.20. The number of fused-ring (bicyclic) bond motifs is 2. The summed E-state index contributed by atoms with van der Waals surface area (Å²) in [7, 11) is 0. The number of aromatic amines is 1. The minimum absolute atomic E-state index is 0.116. The van der Waals surface area contributed by atoms with Crippen LogP contribution in [0.3, 0.4) is 0 Å². The highest BCUT2D eigenvalue weighted by Gasteiger charge is 2.13. The van der Waals surface area contributed by atoms with Crippen LogP contribution < -0.4 is 0 Å².